The van der Waals surface area contributed by atoms with Gasteiger partial charge in [0.15, 0.2) is 0 Å². The van der Waals surface area contributed by atoms with Crippen molar-refractivity contribution < 1.29 is 4.39 Å². The minimum Gasteiger partial charge on any atom is -0.204 e. The summed E-state index contributed by atoms with van der Waals surface area (Å²) >= 11 is 0. The monoisotopic (exact) mass is 163 g/mol. The molecule has 0 amide bonds. The third-order valence-corrected chi connectivity index (χ3v) is 1.65. The lowest BCUT2D eigenvalue weighted by Crippen LogP contribution is -2.15. The minimum absolute atomic E-state index is 0.454. The second-order valence-electron chi connectivity index (χ2n) is 2.47. The molecule has 0 N–H and O–H groups in total. The van der Waals surface area contributed by atoms with Crippen molar-refractivity contribution in [2.75, 3.05) is 0 Å². The predicted molar refractivity (Wildman–Crippen MR) is 42.6 cm³/mol. The van der Waals surface area contributed by atoms with Gasteiger partial charge in [0.25, 0.3) is 5.79 Å². The maximum Gasteiger partial charge on any atom is 0.283 e. The molecule has 60 valence electrons. The van der Waals surface area contributed by atoms with Gasteiger partial charge in [-0.25, -0.2) is 4.39 Å². The molecule has 0 fully saturated rings. The quantitative estimate of drug-likeness (QED) is 0.569. The predicted octanol–water partition coefficient (Wildman–Crippen LogP) is 2.26. The van der Waals surface area contributed by atoms with E-state index in [0.29, 0.717) is 5.56 Å². The molecule has 1 atom stereocenters. The molecule has 0 aromatic heterocycles. The lowest BCUT2D eigenvalue weighted by atomic mass is 10.1. The molecule has 0 spiro atoms. The lowest BCUT2D eigenvalue weighted by Gasteiger charge is -2.09. The molecule has 1 heterocycles. The minimum atomic E-state index is -1.85. The molecule has 0 radical (unpaired) electrons. The van der Waals surface area contributed by atoms with Crippen molar-refractivity contribution in [2.24, 2.45) is 15.4 Å². The number of nitrogens with zero attached hydrogens (tertiary/aromatic N) is 3. The average Bonchev–Trinajstić information content (AvgIpc) is 2.55. The van der Waals surface area contributed by atoms with Crippen LogP contribution >= 0.6 is 0 Å². The SMILES string of the molecule is FC1(c2ccccc2)C=NN=N1. The van der Waals surface area contributed by atoms with Crippen molar-refractivity contribution in [1.29, 1.82) is 0 Å². The molecule has 1 unspecified atom stereocenters. The fourth-order valence-corrected chi connectivity index (χ4v) is 1.02. The fraction of sp³-hybridized carbons (Fsp3) is 0.125. The van der Waals surface area contributed by atoms with E-state index in [0.717, 1.165) is 6.21 Å². The van der Waals surface area contributed by atoms with Gasteiger partial charge in [-0.2, -0.15) is 0 Å². The molecule has 1 aliphatic rings. The van der Waals surface area contributed by atoms with Crippen molar-refractivity contribution in [3.8, 4) is 0 Å². The summed E-state index contributed by atoms with van der Waals surface area (Å²) in [6, 6.07) is 8.61. The zero-order valence-corrected chi connectivity index (χ0v) is 6.18. The van der Waals surface area contributed by atoms with Crippen LogP contribution in [-0.2, 0) is 5.79 Å². The molecule has 3 nitrogen and oxygen atoms in total. The van der Waals surface area contributed by atoms with Crippen LogP contribution in [0.3, 0.4) is 0 Å². The van der Waals surface area contributed by atoms with Crippen molar-refractivity contribution in [1.82, 2.24) is 0 Å². The van der Waals surface area contributed by atoms with E-state index in [1.807, 2.05) is 6.07 Å². The number of hydrogen-bond donors (Lipinski definition) is 0. The first-order valence-electron chi connectivity index (χ1n) is 3.52. The van der Waals surface area contributed by atoms with E-state index >= 15 is 0 Å². The van der Waals surface area contributed by atoms with Crippen LogP contribution < -0.4 is 0 Å². The zero-order valence-electron chi connectivity index (χ0n) is 6.18. The Bertz CT molecular complexity index is 319. The number of alkyl halides is 1. The van der Waals surface area contributed by atoms with E-state index in [-0.39, 0.29) is 0 Å². The summed E-state index contributed by atoms with van der Waals surface area (Å²) in [6.07, 6.45) is 1.09. The summed E-state index contributed by atoms with van der Waals surface area (Å²) in [5.41, 5.74) is 0.454. The number of halogens is 1. The molecular formula is C8H6FN3. The van der Waals surface area contributed by atoms with Crippen LogP contribution in [0.1, 0.15) is 5.56 Å². The van der Waals surface area contributed by atoms with E-state index in [9.17, 15) is 4.39 Å². The van der Waals surface area contributed by atoms with Crippen molar-refractivity contribution >= 4 is 6.21 Å². The summed E-state index contributed by atoms with van der Waals surface area (Å²) in [7, 11) is 0. The van der Waals surface area contributed by atoms with Crippen LogP contribution in [0.25, 0.3) is 0 Å². The van der Waals surface area contributed by atoms with Gasteiger partial charge in [0.2, 0.25) is 0 Å². The van der Waals surface area contributed by atoms with E-state index < -0.39 is 5.79 Å². The van der Waals surface area contributed by atoms with Crippen LogP contribution in [0.5, 0.6) is 0 Å². The first-order chi connectivity index (χ1) is 5.81. The van der Waals surface area contributed by atoms with Crippen LogP contribution in [-0.4, -0.2) is 6.21 Å². The Balaban J connectivity index is 2.43. The third kappa shape index (κ3) is 1.01. The Morgan fingerprint density at radius 1 is 1.17 bits per heavy atom. The van der Waals surface area contributed by atoms with Crippen molar-refractivity contribution in [3.05, 3.63) is 35.9 Å². The van der Waals surface area contributed by atoms with E-state index in [4.69, 9.17) is 0 Å². The van der Waals surface area contributed by atoms with Gasteiger partial charge in [0, 0.05) is 5.56 Å². The maximum absolute atomic E-state index is 13.6. The third-order valence-electron chi connectivity index (χ3n) is 1.65. The van der Waals surface area contributed by atoms with Gasteiger partial charge in [0.05, 0.1) is 6.21 Å². The van der Waals surface area contributed by atoms with Gasteiger partial charge in [-0.05, 0) is 5.22 Å². The second kappa shape index (κ2) is 2.48. The van der Waals surface area contributed by atoms with E-state index in [1.54, 1.807) is 24.3 Å². The largest absolute Gasteiger partial charge is 0.283 e. The van der Waals surface area contributed by atoms with Gasteiger partial charge in [-0.1, -0.05) is 30.3 Å². The standard InChI is InChI=1S/C8H6FN3/c9-8(6-10-12-11-8)7-4-2-1-3-5-7/h1-6H. The van der Waals surface area contributed by atoms with Gasteiger partial charge in [-0.15, -0.1) is 10.2 Å². The molecular weight excluding hydrogens is 157 g/mol. The molecule has 0 aliphatic carbocycles. The van der Waals surface area contributed by atoms with Gasteiger partial charge in [0.1, 0.15) is 0 Å². The van der Waals surface area contributed by atoms with Crippen LogP contribution in [0.15, 0.2) is 45.8 Å². The normalized spacial score (nSPS) is 26.4. The Morgan fingerprint density at radius 3 is 2.50 bits per heavy atom. The molecule has 1 aromatic carbocycles. The maximum atomic E-state index is 13.6. The second-order valence-corrected chi connectivity index (χ2v) is 2.47. The first kappa shape index (κ1) is 7.09. The fourth-order valence-electron chi connectivity index (χ4n) is 1.02. The number of benzene rings is 1. The summed E-state index contributed by atoms with van der Waals surface area (Å²) in [4.78, 5) is 0. The molecule has 2 rings (SSSR count). The highest BCUT2D eigenvalue weighted by molar-refractivity contribution is 5.71. The van der Waals surface area contributed by atoms with Crippen molar-refractivity contribution in [3.63, 3.8) is 0 Å². The molecule has 12 heavy (non-hydrogen) atoms. The zero-order chi connectivity index (χ0) is 8.44. The Kier molecular flexibility index (Phi) is 1.46. The highest BCUT2D eigenvalue weighted by Gasteiger charge is 2.32. The number of rotatable bonds is 1. The van der Waals surface area contributed by atoms with Gasteiger partial charge < -0.3 is 0 Å². The molecule has 1 aliphatic heterocycles. The van der Waals surface area contributed by atoms with Gasteiger partial charge in [-0.3, -0.25) is 0 Å². The summed E-state index contributed by atoms with van der Waals surface area (Å²) < 4.78 is 13.6. The van der Waals surface area contributed by atoms with Crippen LogP contribution in [0.4, 0.5) is 4.39 Å². The van der Waals surface area contributed by atoms with E-state index in [2.05, 4.69) is 15.4 Å². The molecule has 0 saturated heterocycles. The van der Waals surface area contributed by atoms with Crippen LogP contribution in [0, 0.1) is 0 Å². The average molecular weight is 163 g/mol. The summed E-state index contributed by atoms with van der Waals surface area (Å²) in [6.45, 7) is 0. The summed E-state index contributed by atoms with van der Waals surface area (Å²) in [5.74, 6) is -1.85. The molecule has 0 saturated carbocycles. The van der Waals surface area contributed by atoms with Gasteiger partial charge >= 0.3 is 0 Å². The Labute approximate surface area is 68.6 Å². The summed E-state index contributed by atoms with van der Waals surface area (Å²) in [5, 5.41) is 9.98. The smallest absolute Gasteiger partial charge is 0.204 e. The van der Waals surface area contributed by atoms with E-state index in [1.165, 1.54) is 0 Å². The topological polar surface area (TPSA) is 37.1 Å². The first-order valence-corrected chi connectivity index (χ1v) is 3.52. The highest BCUT2D eigenvalue weighted by atomic mass is 19.1. The van der Waals surface area contributed by atoms with Crippen LogP contribution in [0.2, 0.25) is 0 Å². The Hall–Kier alpha value is -1.58. The molecule has 4 heteroatoms. The highest BCUT2D eigenvalue weighted by Crippen LogP contribution is 2.28. The lowest BCUT2D eigenvalue weighted by molar-refractivity contribution is 0.278. The van der Waals surface area contributed by atoms with Crippen molar-refractivity contribution in [2.45, 2.75) is 5.79 Å². The number of hydrogen-bond acceptors (Lipinski definition) is 3. The molecule has 0 bridgehead atoms. The molecule has 1 aromatic rings. The Morgan fingerprint density at radius 2 is 1.92 bits per heavy atom.